The smallest absolute Gasteiger partial charge is 0.255 e. The SMILES string of the molecule is C=C(C)CNC(=O)C(C)c1ccc(O[C@@H]2CCN(c3ccc(OCC4CC4(F)F)cn3)C2)cc1. The Labute approximate surface area is 199 Å². The highest BCUT2D eigenvalue weighted by Crippen LogP contribution is 2.48. The first-order valence-corrected chi connectivity index (χ1v) is 11.6. The van der Waals surface area contributed by atoms with Crippen molar-refractivity contribution in [1.82, 2.24) is 10.3 Å². The molecule has 2 heterocycles. The van der Waals surface area contributed by atoms with E-state index in [1.807, 2.05) is 44.2 Å². The lowest BCUT2D eigenvalue weighted by molar-refractivity contribution is -0.122. The van der Waals surface area contributed by atoms with Gasteiger partial charge in [-0.15, -0.1) is 0 Å². The van der Waals surface area contributed by atoms with Crippen LogP contribution in [0, 0.1) is 5.92 Å². The molecule has 0 spiro atoms. The Hall–Kier alpha value is -3.16. The van der Waals surface area contributed by atoms with Gasteiger partial charge in [0.25, 0.3) is 5.92 Å². The number of aromatic nitrogens is 1. The van der Waals surface area contributed by atoms with Crippen LogP contribution in [-0.4, -0.2) is 49.2 Å². The highest BCUT2D eigenvalue weighted by Gasteiger charge is 2.57. The summed E-state index contributed by atoms with van der Waals surface area (Å²) in [6.45, 7) is 9.56. The van der Waals surface area contributed by atoms with E-state index in [2.05, 4.69) is 21.8 Å². The lowest BCUT2D eigenvalue weighted by Gasteiger charge is -2.19. The fourth-order valence-corrected chi connectivity index (χ4v) is 3.89. The van der Waals surface area contributed by atoms with Crippen molar-refractivity contribution in [3.8, 4) is 11.5 Å². The van der Waals surface area contributed by atoms with E-state index >= 15 is 0 Å². The predicted octanol–water partition coefficient (Wildman–Crippen LogP) is 4.57. The summed E-state index contributed by atoms with van der Waals surface area (Å²) in [7, 11) is 0. The number of hydrogen-bond acceptors (Lipinski definition) is 5. The molecule has 1 saturated heterocycles. The number of nitrogens with one attached hydrogen (secondary N) is 1. The Morgan fingerprint density at radius 2 is 1.97 bits per heavy atom. The van der Waals surface area contributed by atoms with Gasteiger partial charge in [0.2, 0.25) is 5.91 Å². The molecule has 1 aromatic carbocycles. The molecule has 1 aromatic heterocycles. The summed E-state index contributed by atoms with van der Waals surface area (Å²) in [6, 6.07) is 11.2. The third-order valence-electron chi connectivity index (χ3n) is 6.24. The van der Waals surface area contributed by atoms with Gasteiger partial charge >= 0.3 is 0 Å². The van der Waals surface area contributed by atoms with Gasteiger partial charge in [-0.2, -0.15) is 0 Å². The number of amides is 1. The van der Waals surface area contributed by atoms with Crippen molar-refractivity contribution < 1.29 is 23.0 Å². The van der Waals surface area contributed by atoms with E-state index in [-0.39, 0.29) is 31.0 Å². The monoisotopic (exact) mass is 471 g/mol. The van der Waals surface area contributed by atoms with E-state index in [9.17, 15) is 13.6 Å². The summed E-state index contributed by atoms with van der Waals surface area (Å²) in [6.07, 6.45) is 2.37. The molecule has 34 heavy (non-hydrogen) atoms. The van der Waals surface area contributed by atoms with Gasteiger partial charge in [-0.25, -0.2) is 13.8 Å². The zero-order chi connectivity index (χ0) is 24.3. The topological polar surface area (TPSA) is 63.7 Å². The number of alkyl halides is 2. The highest BCUT2D eigenvalue weighted by molar-refractivity contribution is 5.83. The van der Waals surface area contributed by atoms with Crippen molar-refractivity contribution in [2.45, 2.75) is 44.6 Å². The van der Waals surface area contributed by atoms with Crippen molar-refractivity contribution in [1.29, 1.82) is 0 Å². The van der Waals surface area contributed by atoms with Crippen molar-refractivity contribution in [3.63, 3.8) is 0 Å². The number of rotatable bonds is 10. The number of pyridine rings is 1. The first kappa shape index (κ1) is 24.0. The largest absolute Gasteiger partial charge is 0.491 e. The second-order valence-electron chi connectivity index (χ2n) is 9.27. The van der Waals surface area contributed by atoms with Crippen LogP contribution < -0.4 is 19.7 Å². The number of hydrogen-bond donors (Lipinski definition) is 1. The molecule has 2 unspecified atom stereocenters. The summed E-state index contributed by atoms with van der Waals surface area (Å²) in [5, 5.41) is 2.88. The Morgan fingerprint density at radius 1 is 1.26 bits per heavy atom. The Kier molecular flexibility index (Phi) is 7.05. The first-order chi connectivity index (χ1) is 16.2. The molecule has 1 N–H and O–H groups in total. The molecule has 1 aliphatic carbocycles. The summed E-state index contributed by atoms with van der Waals surface area (Å²) in [5.74, 6) is -1.47. The first-order valence-electron chi connectivity index (χ1n) is 11.6. The van der Waals surface area contributed by atoms with E-state index < -0.39 is 11.8 Å². The van der Waals surface area contributed by atoms with Gasteiger partial charge in [-0.1, -0.05) is 24.3 Å². The van der Waals surface area contributed by atoms with E-state index in [1.54, 1.807) is 12.3 Å². The Morgan fingerprint density at radius 3 is 2.59 bits per heavy atom. The van der Waals surface area contributed by atoms with Crippen LogP contribution in [0.5, 0.6) is 11.5 Å². The second-order valence-corrected chi connectivity index (χ2v) is 9.27. The van der Waals surface area contributed by atoms with Crippen LogP contribution >= 0.6 is 0 Å². The molecule has 1 amide bonds. The van der Waals surface area contributed by atoms with Gasteiger partial charge in [0, 0.05) is 25.9 Å². The molecule has 4 rings (SSSR count). The molecule has 1 saturated carbocycles. The van der Waals surface area contributed by atoms with Gasteiger partial charge in [0.15, 0.2) is 0 Å². The average Bonchev–Trinajstić information content (AvgIpc) is 3.19. The summed E-state index contributed by atoms with van der Waals surface area (Å²) in [5.41, 5.74) is 1.84. The van der Waals surface area contributed by atoms with E-state index in [0.29, 0.717) is 18.8 Å². The minimum Gasteiger partial charge on any atom is -0.491 e. The van der Waals surface area contributed by atoms with Crippen molar-refractivity contribution in [3.05, 3.63) is 60.3 Å². The molecule has 182 valence electrons. The van der Waals surface area contributed by atoms with E-state index in [0.717, 1.165) is 35.7 Å². The van der Waals surface area contributed by atoms with Crippen molar-refractivity contribution in [2.75, 3.05) is 31.1 Å². The lowest BCUT2D eigenvalue weighted by Crippen LogP contribution is -2.29. The molecule has 0 bridgehead atoms. The van der Waals surface area contributed by atoms with Gasteiger partial charge in [-0.3, -0.25) is 4.79 Å². The lowest BCUT2D eigenvalue weighted by atomic mass is 10.0. The quantitative estimate of drug-likeness (QED) is 0.515. The van der Waals surface area contributed by atoms with Crippen molar-refractivity contribution in [2.24, 2.45) is 5.92 Å². The fraction of sp³-hybridized carbons (Fsp3) is 0.462. The third kappa shape index (κ3) is 6.04. The normalized spacial score (nSPS) is 21.6. The average molecular weight is 472 g/mol. The number of carbonyl (C=O) groups excluding carboxylic acids is 1. The summed E-state index contributed by atoms with van der Waals surface area (Å²) in [4.78, 5) is 18.8. The molecule has 2 aliphatic rings. The number of halogens is 2. The summed E-state index contributed by atoms with van der Waals surface area (Å²) >= 11 is 0. The fourth-order valence-electron chi connectivity index (χ4n) is 3.89. The second kappa shape index (κ2) is 9.99. The van der Waals surface area contributed by atoms with Gasteiger partial charge < -0.3 is 19.7 Å². The van der Waals surface area contributed by atoms with E-state index in [4.69, 9.17) is 9.47 Å². The predicted molar refractivity (Wildman–Crippen MR) is 127 cm³/mol. The molecular weight excluding hydrogens is 440 g/mol. The standard InChI is InChI=1S/C26H31F2N3O3/c1-17(2)13-30-25(32)18(3)19-4-6-21(7-5-19)34-23-10-11-31(15-23)24-9-8-22(14-29-24)33-16-20-12-26(20,27)28/h4-9,14,18,20,23H,1,10-13,15-16H2,2-3H3,(H,30,32)/t18?,20?,23-/m1/s1. The number of anilines is 1. The zero-order valence-electron chi connectivity index (χ0n) is 19.6. The molecule has 2 fully saturated rings. The molecule has 6 nitrogen and oxygen atoms in total. The maximum absolute atomic E-state index is 13.0. The Bertz CT molecular complexity index is 1010. The molecule has 1 aliphatic heterocycles. The van der Waals surface area contributed by atoms with Crippen LogP contribution in [0.4, 0.5) is 14.6 Å². The zero-order valence-corrected chi connectivity index (χ0v) is 19.6. The van der Waals surface area contributed by atoms with Gasteiger partial charge in [0.05, 0.1) is 31.2 Å². The van der Waals surface area contributed by atoms with E-state index in [1.165, 1.54) is 0 Å². The molecule has 3 atom stereocenters. The number of benzene rings is 1. The molecule has 2 aromatic rings. The molecular formula is C26H31F2N3O3. The van der Waals surface area contributed by atoms with Crippen LogP contribution in [0.25, 0.3) is 0 Å². The van der Waals surface area contributed by atoms with Gasteiger partial charge in [-0.05, 0) is 43.7 Å². The highest BCUT2D eigenvalue weighted by atomic mass is 19.3. The maximum Gasteiger partial charge on any atom is 0.255 e. The summed E-state index contributed by atoms with van der Waals surface area (Å²) < 4.78 is 37.5. The van der Waals surface area contributed by atoms with Crippen LogP contribution in [0.1, 0.15) is 38.2 Å². The van der Waals surface area contributed by atoms with Gasteiger partial charge in [0.1, 0.15) is 23.4 Å². The molecule has 0 radical (unpaired) electrons. The minimum absolute atomic E-state index is 0.0182. The van der Waals surface area contributed by atoms with Crippen LogP contribution in [-0.2, 0) is 4.79 Å². The number of carbonyl (C=O) groups is 1. The van der Waals surface area contributed by atoms with Crippen molar-refractivity contribution >= 4 is 11.7 Å². The van der Waals surface area contributed by atoms with Crippen LogP contribution in [0.15, 0.2) is 54.7 Å². The molecule has 8 heteroatoms. The minimum atomic E-state index is -2.57. The third-order valence-corrected chi connectivity index (χ3v) is 6.24. The van der Waals surface area contributed by atoms with Crippen LogP contribution in [0.2, 0.25) is 0 Å². The number of nitrogens with zero attached hydrogens (tertiary/aromatic N) is 2. The number of ether oxygens (including phenoxy) is 2. The Balaban J connectivity index is 1.24. The maximum atomic E-state index is 13.0. The van der Waals surface area contributed by atoms with Crippen LogP contribution in [0.3, 0.4) is 0 Å².